The molecule has 1 aromatic heterocycles. The Bertz CT molecular complexity index is 454. The highest BCUT2D eigenvalue weighted by molar-refractivity contribution is 5.81. The Kier molecular flexibility index (Phi) is 3.20. The summed E-state index contributed by atoms with van der Waals surface area (Å²) in [4.78, 5) is 3.22. The summed E-state index contributed by atoms with van der Waals surface area (Å²) in [5.41, 5.74) is 2.45. The summed E-state index contributed by atoms with van der Waals surface area (Å²) < 4.78 is 0. The van der Waals surface area contributed by atoms with E-state index in [2.05, 4.69) is 46.7 Å². The molecule has 2 aromatic rings. The van der Waals surface area contributed by atoms with E-state index in [0.717, 1.165) is 13.0 Å². The normalized spacial score (nSPS) is 11.5. The lowest BCUT2D eigenvalue weighted by Gasteiger charge is -1.95. The topological polar surface area (TPSA) is 27.8 Å². The zero-order valence-electron chi connectivity index (χ0n) is 8.96. The van der Waals surface area contributed by atoms with Gasteiger partial charge in [0.2, 0.25) is 0 Å². The summed E-state index contributed by atoms with van der Waals surface area (Å²) in [5, 5.41) is 4.39. The third-order valence-electron chi connectivity index (χ3n) is 2.45. The van der Waals surface area contributed by atoms with Gasteiger partial charge in [-0.05, 0) is 43.1 Å². The molecule has 0 fully saturated rings. The highest BCUT2D eigenvalue weighted by Crippen LogP contribution is 2.15. The first kappa shape index (κ1) is 9.99. The molecule has 0 unspecified atom stereocenters. The molecule has 0 aliphatic carbocycles. The molecule has 0 bridgehead atoms. The molecule has 0 amide bonds. The minimum atomic E-state index is 1.03. The van der Waals surface area contributed by atoms with Gasteiger partial charge >= 0.3 is 0 Å². The maximum absolute atomic E-state index is 3.22. The summed E-state index contributed by atoms with van der Waals surface area (Å²) in [6.45, 7) is 1.03. The third-order valence-corrected chi connectivity index (χ3v) is 2.45. The first-order valence-electron chi connectivity index (χ1n) is 5.28. The van der Waals surface area contributed by atoms with E-state index in [0.29, 0.717) is 0 Å². The van der Waals surface area contributed by atoms with Crippen LogP contribution in [0.5, 0.6) is 0 Å². The summed E-state index contributed by atoms with van der Waals surface area (Å²) in [6.07, 6.45) is 7.40. The Morgan fingerprint density at radius 1 is 1.33 bits per heavy atom. The van der Waals surface area contributed by atoms with E-state index in [1.165, 1.54) is 16.5 Å². The molecular weight excluding hydrogens is 184 g/mol. The first-order valence-corrected chi connectivity index (χ1v) is 5.28. The smallest absolute Gasteiger partial charge is 0.0459 e. The number of fused-ring (bicyclic) bond motifs is 1. The van der Waals surface area contributed by atoms with Crippen LogP contribution in [0.2, 0.25) is 0 Å². The lowest BCUT2D eigenvalue weighted by Crippen LogP contribution is -2.05. The van der Waals surface area contributed by atoms with Gasteiger partial charge in [-0.25, -0.2) is 0 Å². The summed E-state index contributed by atoms with van der Waals surface area (Å²) in [6, 6.07) is 8.55. The minimum absolute atomic E-state index is 1.03. The van der Waals surface area contributed by atoms with Gasteiger partial charge in [-0.15, -0.1) is 0 Å². The highest BCUT2D eigenvalue weighted by Gasteiger charge is 1.93. The summed E-state index contributed by atoms with van der Waals surface area (Å²) in [5.74, 6) is 0. The fourth-order valence-electron chi connectivity index (χ4n) is 1.62. The molecule has 1 aromatic carbocycles. The van der Waals surface area contributed by atoms with Gasteiger partial charge < -0.3 is 10.3 Å². The molecule has 15 heavy (non-hydrogen) atoms. The molecule has 0 atom stereocenters. The number of rotatable bonds is 4. The van der Waals surface area contributed by atoms with Gasteiger partial charge in [0.1, 0.15) is 0 Å². The Labute approximate surface area is 90.0 Å². The van der Waals surface area contributed by atoms with Gasteiger partial charge in [0.25, 0.3) is 0 Å². The van der Waals surface area contributed by atoms with Crippen LogP contribution in [0.3, 0.4) is 0 Å². The average molecular weight is 200 g/mol. The van der Waals surface area contributed by atoms with Crippen LogP contribution < -0.4 is 5.32 Å². The predicted molar refractivity (Wildman–Crippen MR) is 65.9 cm³/mol. The lowest BCUT2D eigenvalue weighted by molar-refractivity contribution is 0.809. The van der Waals surface area contributed by atoms with E-state index >= 15 is 0 Å². The Hall–Kier alpha value is -1.54. The van der Waals surface area contributed by atoms with Crippen LogP contribution in [-0.4, -0.2) is 18.6 Å². The van der Waals surface area contributed by atoms with Crippen molar-refractivity contribution in [2.75, 3.05) is 13.6 Å². The van der Waals surface area contributed by atoms with Crippen LogP contribution in [0.4, 0.5) is 0 Å². The van der Waals surface area contributed by atoms with Crippen molar-refractivity contribution in [2.45, 2.75) is 6.42 Å². The monoisotopic (exact) mass is 200 g/mol. The number of benzene rings is 1. The molecule has 2 heteroatoms. The predicted octanol–water partition coefficient (Wildman–Crippen LogP) is 2.79. The van der Waals surface area contributed by atoms with Crippen LogP contribution in [-0.2, 0) is 0 Å². The van der Waals surface area contributed by atoms with Crippen LogP contribution in [0.25, 0.3) is 17.0 Å². The maximum Gasteiger partial charge on any atom is 0.0459 e. The van der Waals surface area contributed by atoms with E-state index in [1.54, 1.807) is 0 Å². The summed E-state index contributed by atoms with van der Waals surface area (Å²) >= 11 is 0. The molecule has 0 saturated heterocycles. The largest absolute Gasteiger partial charge is 0.361 e. The molecule has 78 valence electrons. The fourth-order valence-corrected chi connectivity index (χ4v) is 1.62. The van der Waals surface area contributed by atoms with E-state index in [4.69, 9.17) is 0 Å². The van der Waals surface area contributed by atoms with E-state index in [9.17, 15) is 0 Å². The van der Waals surface area contributed by atoms with Crippen molar-refractivity contribution in [3.63, 3.8) is 0 Å². The molecule has 0 aliphatic rings. The van der Waals surface area contributed by atoms with Gasteiger partial charge in [0.05, 0.1) is 0 Å². The van der Waals surface area contributed by atoms with Crippen LogP contribution in [0.15, 0.2) is 36.5 Å². The van der Waals surface area contributed by atoms with Crippen molar-refractivity contribution >= 4 is 17.0 Å². The fraction of sp³-hybridized carbons (Fsp3) is 0.231. The molecule has 0 spiro atoms. The van der Waals surface area contributed by atoms with Gasteiger partial charge in [0, 0.05) is 11.7 Å². The van der Waals surface area contributed by atoms with Crippen molar-refractivity contribution in [3.8, 4) is 0 Å². The van der Waals surface area contributed by atoms with Crippen molar-refractivity contribution in [1.82, 2.24) is 10.3 Å². The molecule has 1 heterocycles. The standard InChI is InChI=1S/C13H16N2/c1-14-8-3-2-4-11-5-6-12-7-9-15-13(12)10-11/h2,4-7,9-10,14-15H,3,8H2,1H3/b4-2+. The van der Waals surface area contributed by atoms with Gasteiger partial charge in [-0.3, -0.25) is 0 Å². The number of aromatic amines is 1. The van der Waals surface area contributed by atoms with Gasteiger partial charge in [-0.1, -0.05) is 24.3 Å². The molecule has 0 saturated carbocycles. The van der Waals surface area contributed by atoms with Crippen molar-refractivity contribution in [3.05, 3.63) is 42.1 Å². The first-order chi connectivity index (χ1) is 7.40. The maximum atomic E-state index is 3.22. The van der Waals surface area contributed by atoms with Gasteiger partial charge in [0.15, 0.2) is 0 Å². The molecule has 2 nitrogen and oxygen atoms in total. The Balaban J connectivity index is 2.10. The molecule has 2 N–H and O–H groups in total. The molecule has 0 aliphatic heterocycles. The second-order valence-corrected chi connectivity index (χ2v) is 3.62. The minimum Gasteiger partial charge on any atom is -0.361 e. The van der Waals surface area contributed by atoms with Crippen molar-refractivity contribution < 1.29 is 0 Å². The van der Waals surface area contributed by atoms with E-state index < -0.39 is 0 Å². The van der Waals surface area contributed by atoms with Crippen LogP contribution >= 0.6 is 0 Å². The Morgan fingerprint density at radius 2 is 2.27 bits per heavy atom. The number of nitrogens with one attached hydrogen (secondary N) is 2. The zero-order chi connectivity index (χ0) is 10.5. The SMILES string of the molecule is CNCC/C=C/c1ccc2cc[nH]c2c1. The van der Waals surface area contributed by atoms with Gasteiger partial charge in [-0.2, -0.15) is 0 Å². The van der Waals surface area contributed by atoms with E-state index in [-0.39, 0.29) is 0 Å². The number of aromatic nitrogens is 1. The second kappa shape index (κ2) is 4.80. The third kappa shape index (κ3) is 2.48. The van der Waals surface area contributed by atoms with Crippen LogP contribution in [0.1, 0.15) is 12.0 Å². The lowest BCUT2D eigenvalue weighted by atomic mass is 10.1. The summed E-state index contributed by atoms with van der Waals surface area (Å²) in [7, 11) is 1.97. The van der Waals surface area contributed by atoms with Crippen molar-refractivity contribution in [2.24, 2.45) is 0 Å². The molecular formula is C13H16N2. The van der Waals surface area contributed by atoms with Crippen molar-refractivity contribution in [1.29, 1.82) is 0 Å². The average Bonchev–Trinajstić information content (AvgIpc) is 2.71. The Morgan fingerprint density at radius 3 is 3.13 bits per heavy atom. The number of hydrogen-bond acceptors (Lipinski definition) is 1. The zero-order valence-corrected chi connectivity index (χ0v) is 8.96. The highest BCUT2D eigenvalue weighted by atomic mass is 14.8. The van der Waals surface area contributed by atoms with E-state index in [1.807, 2.05) is 13.2 Å². The second-order valence-electron chi connectivity index (χ2n) is 3.62. The van der Waals surface area contributed by atoms with Crippen LogP contribution in [0, 0.1) is 0 Å². The molecule has 2 rings (SSSR count). The quantitative estimate of drug-likeness (QED) is 0.730. The number of hydrogen-bond donors (Lipinski definition) is 2. The molecule has 0 radical (unpaired) electrons. The number of H-pyrrole nitrogens is 1.